The van der Waals surface area contributed by atoms with Crippen molar-refractivity contribution in [2.45, 2.75) is 5.92 Å². The highest BCUT2D eigenvalue weighted by molar-refractivity contribution is 5.92. The second kappa shape index (κ2) is 6.51. The summed E-state index contributed by atoms with van der Waals surface area (Å²) in [6.07, 6.45) is 0. The van der Waals surface area contributed by atoms with Crippen LogP contribution in [-0.4, -0.2) is 28.5 Å². The van der Waals surface area contributed by atoms with Gasteiger partial charge >= 0.3 is 5.97 Å². The Hall–Kier alpha value is -2.89. The molecule has 0 saturated heterocycles. The van der Waals surface area contributed by atoms with Crippen LogP contribution in [0.5, 0.6) is 0 Å². The van der Waals surface area contributed by atoms with Crippen LogP contribution in [0.25, 0.3) is 0 Å². The highest BCUT2D eigenvalue weighted by atomic mass is 16.4. The van der Waals surface area contributed by atoms with Crippen LogP contribution in [0.15, 0.2) is 53.3 Å². The van der Waals surface area contributed by atoms with Crippen molar-refractivity contribution in [3.05, 3.63) is 70.1 Å². The number of carboxylic acids is 1. The number of benzene rings is 1. The van der Waals surface area contributed by atoms with Crippen molar-refractivity contribution >= 4 is 11.9 Å². The number of pyridine rings is 1. The quantitative estimate of drug-likeness (QED) is 0.762. The lowest BCUT2D eigenvalue weighted by Gasteiger charge is -2.13. The van der Waals surface area contributed by atoms with E-state index in [-0.39, 0.29) is 17.8 Å². The number of rotatable bonds is 5. The summed E-state index contributed by atoms with van der Waals surface area (Å²) in [6.45, 7) is -0.0604. The lowest BCUT2D eigenvalue weighted by atomic mass is 9.99. The van der Waals surface area contributed by atoms with Gasteiger partial charge in [-0.05, 0) is 11.6 Å². The molecule has 1 unspecified atom stereocenters. The zero-order valence-electron chi connectivity index (χ0n) is 11.1. The van der Waals surface area contributed by atoms with Crippen LogP contribution in [-0.2, 0) is 4.79 Å². The van der Waals surface area contributed by atoms with Gasteiger partial charge in [0.2, 0.25) is 5.56 Å². The topological polar surface area (TPSA) is 99.3 Å². The average Bonchev–Trinajstić information content (AvgIpc) is 2.48. The molecule has 0 aliphatic rings. The monoisotopic (exact) mass is 286 g/mol. The van der Waals surface area contributed by atoms with Crippen LogP contribution in [0.4, 0.5) is 0 Å². The zero-order valence-corrected chi connectivity index (χ0v) is 11.1. The summed E-state index contributed by atoms with van der Waals surface area (Å²) < 4.78 is 0. The normalized spacial score (nSPS) is 11.6. The van der Waals surface area contributed by atoms with Gasteiger partial charge < -0.3 is 15.4 Å². The van der Waals surface area contributed by atoms with Crippen LogP contribution in [0.1, 0.15) is 22.0 Å². The number of carboxylic acid groups (broad SMARTS) is 1. The van der Waals surface area contributed by atoms with Crippen molar-refractivity contribution in [2.24, 2.45) is 0 Å². The maximum absolute atomic E-state index is 11.9. The molecular weight excluding hydrogens is 272 g/mol. The number of aliphatic carboxylic acids is 1. The van der Waals surface area contributed by atoms with Crippen molar-refractivity contribution < 1.29 is 14.7 Å². The van der Waals surface area contributed by atoms with E-state index in [1.165, 1.54) is 18.2 Å². The Morgan fingerprint density at radius 1 is 1.10 bits per heavy atom. The lowest BCUT2D eigenvalue weighted by Crippen LogP contribution is -2.32. The predicted molar refractivity (Wildman–Crippen MR) is 76.2 cm³/mol. The number of hydrogen-bond acceptors (Lipinski definition) is 3. The summed E-state index contributed by atoms with van der Waals surface area (Å²) in [4.78, 5) is 36.7. The molecule has 1 amide bonds. The molecular formula is C15H14N2O4. The number of hydrogen-bond donors (Lipinski definition) is 3. The molecule has 0 radical (unpaired) electrons. The maximum atomic E-state index is 11.9. The van der Waals surface area contributed by atoms with Crippen LogP contribution in [0.2, 0.25) is 0 Å². The summed E-state index contributed by atoms with van der Waals surface area (Å²) in [5, 5.41) is 11.8. The molecule has 0 aliphatic carbocycles. The minimum Gasteiger partial charge on any atom is -0.481 e. The van der Waals surface area contributed by atoms with Gasteiger partial charge in [0, 0.05) is 12.6 Å². The van der Waals surface area contributed by atoms with E-state index in [2.05, 4.69) is 10.3 Å². The highest BCUT2D eigenvalue weighted by Gasteiger charge is 2.20. The van der Waals surface area contributed by atoms with Crippen molar-refractivity contribution in [1.29, 1.82) is 0 Å². The molecule has 1 heterocycles. The molecule has 2 aromatic rings. The first kappa shape index (κ1) is 14.5. The van der Waals surface area contributed by atoms with E-state index in [1.807, 2.05) is 0 Å². The zero-order chi connectivity index (χ0) is 15.2. The molecule has 21 heavy (non-hydrogen) atoms. The Bertz CT molecular complexity index is 694. The Kier molecular flexibility index (Phi) is 4.50. The van der Waals surface area contributed by atoms with Gasteiger partial charge in [0.25, 0.3) is 5.91 Å². The smallest absolute Gasteiger partial charge is 0.312 e. The summed E-state index contributed by atoms with van der Waals surface area (Å²) in [7, 11) is 0. The molecule has 1 aromatic carbocycles. The Morgan fingerprint density at radius 2 is 1.81 bits per heavy atom. The average molecular weight is 286 g/mol. The molecule has 6 nitrogen and oxygen atoms in total. The largest absolute Gasteiger partial charge is 0.481 e. The first-order valence-electron chi connectivity index (χ1n) is 6.33. The minimum atomic E-state index is -1.02. The Balaban J connectivity index is 2.08. The minimum absolute atomic E-state index is 0.0604. The second-order valence-electron chi connectivity index (χ2n) is 4.44. The van der Waals surface area contributed by atoms with Crippen LogP contribution >= 0.6 is 0 Å². The number of amides is 1. The van der Waals surface area contributed by atoms with E-state index in [0.717, 1.165) is 0 Å². The van der Waals surface area contributed by atoms with Crippen LogP contribution < -0.4 is 10.9 Å². The van der Waals surface area contributed by atoms with Gasteiger partial charge in [0.15, 0.2) is 0 Å². The van der Waals surface area contributed by atoms with Gasteiger partial charge in [-0.3, -0.25) is 14.4 Å². The van der Waals surface area contributed by atoms with Gasteiger partial charge in [-0.15, -0.1) is 0 Å². The summed E-state index contributed by atoms with van der Waals surface area (Å²) >= 11 is 0. The van der Waals surface area contributed by atoms with E-state index in [4.69, 9.17) is 0 Å². The van der Waals surface area contributed by atoms with E-state index in [1.54, 1.807) is 30.3 Å². The number of aromatic amines is 1. The fourth-order valence-electron chi connectivity index (χ4n) is 1.90. The first-order chi connectivity index (χ1) is 10.1. The summed E-state index contributed by atoms with van der Waals surface area (Å²) in [5.74, 6) is -2.39. The van der Waals surface area contributed by atoms with Gasteiger partial charge in [-0.25, -0.2) is 0 Å². The number of H-pyrrole nitrogens is 1. The third-order valence-corrected chi connectivity index (χ3v) is 2.98. The third kappa shape index (κ3) is 3.79. The standard InChI is InChI=1S/C15H14N2O4/c18-13-8-4-7-12(17-13)14(19)16-9-11(15(20)21)10-5-2-1-3-6-10/h1-8,11H,9H2,(H,16,19)(H,17,18)(H,20,21). The van der Waals surface area contributed by atoms with E-state index in [0.29, 0.717) is 5.56 Å². The number of carbonyl (C=O) groups is 2. The third-order valence-electron chi connectivity index (χ3n) is 2.98. The number of carbonyl (C=O) groups excluding carboxylic acids is 1. The fraction of sp³-hybridized carbons (Fsp3) is 0.133. The molecule has 1 atom stereocenters. The van der Waals surface area contributed by atoms with Crippen molar-refractivity contribution in [3.8, 4) is 0 Å². The van der Waals surface area contributed by atoms with Crippen LogP contribution in [0, 0.1) is 0 Å². The molecule has 3 N–H and O–H groups in total. The fourth-order valence-corrected chi connectivity index (χ4v) is 1.90. The lowest BCUT2D eigenvalue weighted by molar-refractivity contribution is -0.138. The molecule has 6 heteroatoms. The summed E-state index contributed by atoms with van der Waals surface area (Å²) in [5.41, 5.74) is 0.312. The Labute approximate surface area is 120 Å². The van der Waals surface area contributed by atoms with E-state index < -0.39 is 17.8 Å². The van der Waals surface area contributed by atoms with Gasteiger partial charge in [-0.1, -0.05) is 36.4 Å². The molecule has 2 rings (SSSR count). The molecule has 1 aromatic heterocycles. The van der Waals surface area contributed by atoms with Gasteiger partial charge in [-0.2, -0.15) is 0 Å². The predicted octanol–water partition coefficient (Wildman–Crippen LogP) is 0.973. The van der Waals surface area contributed by atoms with Crippen LogP contribution in [0.3, 0.4) is 0 Å². The molecule has 0 saturated carbocycles. The van der Waals surface area contributed by atoms with E-state index in [9.17, 15) is 19.5 Å². The maximum Gasteiger partial charge on any atom is 0.312 e. The summed E-state index contributed by atoms with van der Waals surface area (Å²) in [6, 6.07) is 12.8. The van der Waals surface area contributed by atoms with Crippen molar-refractivity contribution in [1.82, 2.24) is 10.3 Å². The van der Waals surface area contributed by atoms with Gasteiger partial charge in [0.1, 0.15) is 5.69 Å². The molecule has 0 aliphatic heterocycles. The van der Waals surface area contributed by atoms with Gasteiger partial charge in [0.05, 0.1) is 5.92 Å². The molecule has 0 fully saturated rings. The Morgan fingerprint density at radius 3 is 2.43 bits per heavy atom. The van der Waals surface area contributed by atoms with Crippen molar-refractivity contribution in [2.75, 3.05) is 6.54 Å². The SMILES string of the molecule is O=C(NCC(C(=O)O)c1ccccc1)c1cccc(=O)[nH]1. The molecule has 108 valence electrons. The second-order valence-corrected chi connectivity index (χ2v) is 4.44. The van der Waals surface area contributed by atoms with E-state index >= 15 is 0 Å². The first-order valence-corrected chi connectivity index (χ1v) is 6.33. The highest BCUT2D eigenvalue weighted by Crippen LogP contribution is 2.14. The number of aromatic nitrogens is 1. The molecule has 0 bridgehead atoms. The molecule has 0 spiro atoms. The van der Waals surface area contributed by atoms with Crippen molar-refractivity contribution in [3.63, 3.8) is 0 Å². The number of nitrogens with one attached hydrogen (secondary N) is 2.